The zero-order valence-electron chi connectivity index (χ0n) is 8.35. The minimum absolute atomic E-state index is 0.188. The third kappa shape index (κ3) is 1.26. The zero-order chi connectivity index (χ0) is 9.53. The predicted molar refractivity (Wildman–Crippen MR) is 49.3 cm³/mol. The Balaban J connectivity index is 2.16. The van der Waals surface area contributed by atoms with Gasteiger partial charge in [-0.15, -0.1) is 0 Å². The van der Waals surface area contributed by atoms with Crippen LogP contribution in [0.15, 0.2) is 0 Å². The standard InChI is InChI=1S/C10H17NO2/c1-9(2)6-13-7-10(9)4-3-8(12)11-5-10/h3-7H2,1-2H3,(H,11,12). The zero-order valence-corrected chi connectivity index (χ0v) is 8.35. The van der Waals surface area contributed by atoms with Gasteiger partial charge in [0.15, 0.2) is 0 Å². The maximum Gasteiger partial charge on any atom is 0.220 e. The Labute approximate surface area is 78.8 Å². The van der Waals surface area contributed by atoms with Gasteiger partial charge in [-0.05, 0) is 11.8 Å². The number of amides is 1. The molecule has 1 N–H and O–H groups in total. The van der Waals surface area contributed by atoms with Crippen molar-refractivity contribution in [1.29, 1.82) is 0 Å². The van der Waals surface area contributed by atoms with Gasteiger partial charge in [-0.1, -0.05) is 13.8 Å². The third-order valence-electron chi connectivity index (χ3n) is 3.73. The molecule has 13 heavy (non-hydrogen) atoms. The van der Waals surface area contributed by atoms with Crippen molar-refractivity contribution in [2.75, 3.05) is 19.8 Å². The van der Waals surface area contributed by atoms with Gasteiger partial charge in [-0.2, -0.15) is 0 Å². The number of nitrogens with one attached hydrogen (secondary N) is 1. The number of piperidine rings is 1. The van der Waals surface area contributed by atoms with Crippen molar-refractivity contribution in [3.05, 3.63) is 0 Å². The molecular weight excluding hydrogens is 166 g/mol. The lowest BCUT2D eigenvalue weighted by Crippen LogP contribution is -2.50. The normalized spacial score (nSPS) is 37.8. The second-order valence-corrected chi connectivity index (χ2v) is 4.93. The third-order valence-corrected chi connectivity index (χ3v) is 3.73. The predicted octanol–water partition coefficient (Wildman–Crippen LogP) is 0.939. The molecule has 0 bridgehead atoms. The lowest BCUT2D eigenvalue weighted by atomic mass is 9.64. The summed E-state index contributed by atoms with van der Waals surface area (Å²) < 4.78 is 5.54. The Morgan fingerprint density at radius 2 is 2.15 bits per heavy atom. The van der Waals surface area contributed by atoms with Gasteiger partial charge in [0.25, 0.3) is 0 Å². The highest BCUT2D eigenvalue weighted by atomic mass is 16.5. The Hall–Kier alpha value is -0.570. The summed E-state index contributed by atoms with van der Waals surface area (Å²) in [4.78, 5) is 11.1. The first kappa shape index (κ1) is 9.00. The fraction of sp³-hybridized carbons (Fsp3) is 0.900. The van der Waals surface area contributed by atoms with E-state index >= 15 is 0 Å². The molecule has 74 valence electrons. The van der Waals surface area contributed by atoms with Crippen molar-refractivity contribution in [3.8, 4) is 0 Å². The van der Waals surface area contributed by atoms with Crippen molar-refractivity contribution in [1.82, 2.24) is 5.32 Å². The van der Waals surface area contributed by atoms with Crippen LogP contribution in [0, 0.1) is 10.8 Å². The molecule has 2 fully saturated rings. The molecule has 1 amide bonds. The molecule has 2 aliphatic rings. The van der Waals surface area contributed by atoms with Crippen LogP contribution < -0.4 is 5.32 Å². The maximum absolute atomic E-state index is 11.1. The Bertz CT molecular complexity index is 225. The molecule has 2 rings (SSSR count). The van der Waals surface area contributed by atoms with Crippen LogP contribution in [-0.4, -0.2) is 25.7 Å². The molecule has 0 aromatic carbocycles. The minimum Gasteiger partial charge on any atom is -0.380 e. The number of hydrogen-bond acceptors (Lipinski definition) is 2. The van der Waals surface area contributed by atoms with E-state index in [0.29, 0.717) is 6.42 Å². The molecule has 3 nitrogen and oxygen atoms in total. The summed E-state index contributed by atoms with van der Waals surface area (Å²) >= 11 is 0. The van der Waals surface area contributed by atoms with Gasteiger partial charge in [0.05, 0.1) is 13.2 Å². The van der Waals surface area contributed by atoms with E-state index in [-0.39, 0.29) is 16.7 Å². The van der Waals surface area contributed by atoms with Crippen LogP contribution in [0.3, 0.4) is 0 Å². The fourth-order valence-electron chi connectivity index (χ4n) is 2.35. The van der Waals surface area contributed by atoms with Crippen LogP contribution in [0.1, 0.15) is 26.7 Å². The lowest BCUT2D eigenvalue weighted by molar-refractivity contribution is -0.125. The highest BCUT2D eigenvalue weighted by molar-refractivity contribution is 5.76. The van der Waals surface area contributed by atoms with Gasteiger partial charge in [-0.25, -0.2) is 0 Å². The first-order valence-corrected chi connectivity index (χ1v) is 4.90. The van der Waals surface area contributed by atoms with Crippen LogP contribution in [0.2, 0.25) is 0 Å². The van der Waals surface area contributed by atoms with E-state index in [2.05, 4.69) is 19.2 Å². The molecule has 2 aliphatic heterocycles. The van der Waals surface area contributed by atoms with Gasteiger partial charge in [-0.3, -0.25) is 4.79 Å². The molecule has 3 heteroatoms. The van der Waals surface area contributed by atoms with Crippen molar-refractivity contribution >= 4 is 5.91 Å². The molecule has 0 radical (unpaired) electrons. The van der Waals surface area contributed by atoms with Gasteiger partial charge in [0.1, 0.15) is 0 Å². The van der Waals surface area contributed by atoms with E-state index in [1.165, 1.54) is 0 Å². The molecule has 0 aliphatic carbocycles. The van der Waals surface area contributed by atoms with Crippen LogP contribution >= 0.6 is 0 Å². The summed E-state index contributed by atoms with van der Waals surface area (Å²) in [6, 6.07) is 0. The van der Waals surface area contributed by atoms with E-state index < -0.39 is 0 Å². The number of carbonyl (C=O) groups is 1. The summed E-state index contributed by atoms with van der Waals surface area (Å²) in [5.74, 6) is 0.188. The number of carbonyl (C=O) groups excluding carboxylic acids is 1. The Morgan fingerprint density at radius 1 is 1.38 bits per heavy atom. The molecule has 1 spiro atoms. The molecule has 2 heterocycles. The first-order chi connectivity index (χ1) is 6.06. The van der Waals surface area contributed by atoms with E-state index in [0.717, 1.165) is 26.2 Å². The van der Waals surface area contributed by atoms with E-state index in [1.54, 1.807) is 0 Å². The highest BCUT2D eigenvalue weighted by Gasteiger charge is 2.51. The summed E-state index contributed by atoms with van der Waals surface area (Å²) in [6.07, 6.45) is 1.64. The summed E-state index contributed by atoms with van der Waals surface area (Å²) in [7, 11) is 0. The molecule has 0 saturated carbocycles. The Morgan fingerprint density at radius 3 is 2.62 bits per heavy atom. The first-order valence-electron chi connectivity index (χ1n) is 4.90. The van der Waals surface area contributed by atoms with Crippen molar-refractivity contribution in [2.45, 2.75) is 26.7 Å². The maximum atomic E-state index is 11.1. The van der Waals surface area contributed by atoms with Crippen molar-refractivity contribution in [3.63, 3.8) is 0 Å². The van der Waals surface area contributed by atoms with E-state index in [1.807, 2.05) is 0 Å². The molecule has 1 atom stereocenters. The summed E-state index contributed by atoms with van der Waals surface area (Å²) in [6.45, 7) is 6.89. The molecule has 2 saturated heterocycles. The van der Waals surface area contributed by atoms with Crippen LogP contribution in [0.25, 0.3) is 0 Å². The van der Waals surface area contributed by atoms with E-state index in [4.69, 9.17) is 4.74 Å². The second kappa shape index (κ2) is 2.71. The number of hydrogen-bond donors (Lipinski definition) is 1. The van der Waals surface area contributed by atoms with Crippen LogP contribution in [0.4, 0.5) is 0 Å². The topological polar surface area (TPSA) is 38.3 Å². The van der Waals surface area contributed by atoms with Gasteiger partial charge >= 0.3 is 0 Å². The van der Waals surface area contributed by atoms with Crippen LogP contribution in [0.5, 0.6) is 0 Å². The molecule has 1 unspecified atom stereocenters. The SMILES string of the molecule is CC1(C)COCC12CCC(=O)NC2. The lowest BCUT2D eigenvalue weighted by Gasteiger charge is -2.42. The summed E-state index contributed by atoms with van der Waals surface area (Å²) in [5, 5.41) is 2.95. The number of rotatable bonds is 0. The average Bonchev–Trinajstić information content (AvgIpc) is 2.34. The molecular formula is C10H17NO2. The highest BCUT2D eigenvalue weighted by Crippen LogP contribution is 2.48. The monoisotopic (exact) mass is 183 g/mol. The number of ether oxygens (including phenoxy) is 1. The van der Waals surface area contributed by atoms with Gasteiger partial charge < -0.3 is 10.1 Å². The van der Waals surface area contributed by atoms with Crippen molar-refractivity contribution in [2.24, 2.45) is 10.8 Å². The van der Waals surface area contributed by atoms with Crippen molar-refractivity contribution < 1.29 is 9.53 Å². The Kier molecular flexibility index (Phi) is 1.88. The van der Waals surface area contributed by atoms with E-state index in [9.17, 15) is 4.79 Å². The minimum atomic E-state index is 0.188. The average molecular weight is 183 g/mol. The largest absolute Gasteiger partial charge is 0.380 e. The second-order valence-electron chi connectivity index (χ2n) is 4.93. The fourth-order valence-corrected chi connectivity index (χ4v) is 2.35. The van der Waals surface area contributed by atoms with Crippen LogP contribution in [-0.2, 0) is 9.53 Å². The van der Waals surface area contributed by atoms with Gasteiger partial charge in [0.2, 0.25) is 5.91 Å². The molecule has 0 aromatic rings. The quantitative estimate of drug-likeness (QED) is 0.607. The smallest absolute Gasteiger partial charge is 0.220 e. The summed E-state index contributed by atoms with van der Waals surface area (Å²) in [5.41, 5.74) is 0.404. The van der Waals surface area contributed by atoms with Gasteiger partial charge in [0, 0.05) is 18.4 Å². The molecule has 0 aromatic heterocycles.